The maximum absolute atomic E-state index is 13.3. The minimum Gasteiger partial charge on any atom is -0.507 e. The van der Waals surface area contributed by atoms with E-state index in [-0.39, 0.29) is 35.4 Å². The Morgan fingerprint density at radius 1 is 1.05 bits per heavy atom. The molecule has 0 bridgehead atoms. The maximum Gasteiger partial charge on any atom is 0.342 e. The first kappa shape index (κ1) is 26.5. The summed E-state index contributed by atoms with van der Waals surface area (Å²) >= 11 is 0. The van der Waals surface area contributed by atoms with Gasteiger partial charge in [0.25, 0.3) is 0 Å². The Kier molecular flexibility index (Phi) is 8.31. The van der Waals surface area contributed by atoms with Crippen molar-refractivity contribution < 1.29 is 33.7 Å². The first-order valence-electron chi connectivity index (χ1n) is 13.0. The Bertz CT molecular complexity index is 1190. The summed E-state index contributed by atoms with van der Waals surface area (Å²) in [4.78, 5) is 37.9. The van der Waals surface area contributed by atoms with Crippen LogP contribution in [-0.4, -0.2) is 35.0 Å². The Labute approximate surface area is 217 Å². The highest BCUT2D eigenvalue weighted by Gasteiger charge is 2.35. The number of esters is 2. The van der Waals surface area contributed by atoms with E-state index in [1.54, 1.807) is 19.1 Å². The lowest BCUT2D eigenvalue weighted by molar-refractivity contribution is -0.135. The highest BCUT2D eigenvalue weighted by Crippen LogP contribution is 2.47. The largest absolute Gasteiger partial charge is 0.507 e. The number of hydrogen-bond acceptors (Lipinski definition) is 7. The summed E-state index contributed by atoms with van der Waals surface area (Å²) in [5.41, 5.74) is 1.65. The summed E-state index contributed by atoms with van der Waals surface area (Å²) in [6, 6.07) is 8.99. The van der Waals surface area contributed by atoms with Crippen molar-refractivity contribution in [2.24, 2.45) is 0 Å². The molecule has 2 aromatic rings. The molecule has 7 heteroatoms. The smallest absolute Gasteiger partial charge is 0.342 e. The number of ketones is 1. The van der Waals surface area contributed by atoms with Crippen LogP contribution in [0.4, 0.5) is 0 Å². The summed E-state index contributed by atoms with van der Waals surface area (Å²) in [6.45, 7) is 5.67. The molecule has 0 amide bonds. The van der Waals surface area contributed by atoms with Crippen LogP contribution < -0.4 is 9.47 Å². The first-order valence-corrected chi connectivity index (χ1v) is 13.0. The molecule has 2 aromatic carbocycles. The van der Waals surface area contributed by atoms with Crippen molar-refractivity contribution in [3.8, 4) is 17.2 Å². The molecule has 2 heterocycles. The number of carbonyl (C=O) groups is 3. The van der Waals surface area contributed by atoms with E-state index in [1.807, 2.05) is 44.2 Å². The number of ether oxygens (including phenoxy) is 3. The van der Waals surface area contributed by atoms with Crippen LogP contribution in [0.25, 0.3) is 6.08 Å². The third-order valence-electron chi connectivity index (χ3n) is 6.63. The third-order valence-corrected chi connectivity index (χ3v) is 6.63. The highest BCUT2D eigenvalue weighted by atomic mass is 16.5. The van der Waals surface area contributed by atoms with Crippen molar-refractivity contribution in [2.75, 3.05) is 0 Å². The van der Waals surface area contributed by atoms with Crippen molar-refractivity contribution in [1.29, 1.82) is 0 Å². The zero-order valence-electron chi connectivity index (χ0n) is 21.6. The van der Waals surface area contributed by atoms with Gasteiger partial charge in [0.2, 0.25) is 0 Å². The topological polar surface area (TPSA) is 99.1 Å². The number of aromatic hydroxyl groups is 1. The van der Waals surface area contributed by atoms with Crippen LogP contribution in [0.15, 0.2) is 36.4 Å². The minimum atomic E-state index is -0.646. The summed E-state index contributed by atoms with van der Waals surface area (Å²) in [5.74, 6) is -0.666. The molecule has 0 aromatic heterocycles. The standard InChI is InChI=1S/C30H34O7/c1-18(2)35-23-14-12-20(13-15-23)24-17-26(32)37-25-16-21-9-5-4-6-10-22(31)11-7-8-19(3)36-30(34)27(21)29(33)28(24)25/h5,9,12-16,18-19,24,33H,4,6-8,10-11,17H2,1-3H3/t19-,24?/m0/s1. The number of fused-ring (bicyclic) bond motifs is 2. The van der Waals surface area contributed by atoms with E-state index in [0.29, 0.717) is 55.4 Å². The number of phenols is 1. The molecule has 0 radical (unpaired) electrons. The molecule has 0 aliphatic carbocycles. The van der Waals surface area contributed by atoms with Crippen LogP contribution in [0.1, 0.15) is 98.7 Å². The number of benzene rings is 2. The first-order chi connectivity index (χ1) is 17.7. The molecule has 2 aliphatic heterocycles. The zero-order valence-corrected chi connectivity index (χ0v) is 21.6. The van der Waals surface area contributed by atoms with Gasteiger partial charge in [-0.05, 0) is 75.8 Å². The van der Waals surface area contributed by atoms with Gasteiger partial charge in [-0.2, -0.15) is 0 Å². The van der Waals surface area contributed by atoms with Crippen LogP contribution in [-0.2, 0) is 14.3 Å². The molecule has 0 fully saturated rings. The Morgan fingerprint density at radius 2 is 1.78 bits per heavy atom. The van der Waals surface area contributed by atoms with Crippen LogP contribution in [0.2, 0.25) is 0 Å². The van der Waals surface area contributed by atoms with Gasteiger partial charge in [0.05, 0.1) is 18.6 Å². The SMILES string of the molecule is CC(C)Oc1ccc(C2CC(=O)Oc3cc4c(c(O)c32)C(=O)O[C@@H](C)CCCC(=O)CCCC=C4)cc1. The van der Waals surface area contributed by atoms with Crippen LogP contribution >= 0.6 is 0 Å². The molecule has 2 aliphatic rings. The van der Waals surface area contributed by atoms with Crippen molar-refractivity contribution in [3.63, 3.8) is 0 Å². The van der Waals surface area contributed by atoms with Gasteiger partial charge in [-0.1, -0.05) is 24.3 Å². The lowest BCUT2D eigenvalue weighted by Gasteiger charge is -2.28. The third kappa shape index (κ3) is 6.40. The van der Waals surface area contributed by atoms with Gasteiger partial charge in [-0.15, -0.1) is 0 Å². The lowest BCUT2D eigenvalue weighted by Crippen LogP contribution is -2.23. The summed E-state index contributed by atoms with van der Waals surface area (Å²) < 4.78 is 16.9. The zero-order chi connectivity index (χ0) is 26.5. The van der Waals surface area contributed by atoms with Gasteiger partial charge >= 0.3 is 11.9 Å². The fourth-order valence-corrected chi connectivity index (χ4v) is 4.85. The van der Waals surface area contributed by atoms with Gasteiger partial charge in [0.15, 0.2) is 0 Å². The molecule has 196 valence electrons. The number of allylic oxidation sites excluding steroid dienone is 1. The average Bonchev–Trinajstić information content (AvgIpc) is 2.82. The van der Waals surface area contributed by atoms with Gasteiger partial charge in [0.1, 0.15) is 28.6 Å². The summed E-state index contributed by atoms with van der Waals surface area (Å²) in [7, 11) is 0. The number of Topliss-reactive ketones (excluding diaryl/α,β-unsaturated/α-hetero) is 1. The second kappa shape index (κ2) is 11.6. The molecular formula is C30H34O7. The molecule has 7 nitrogen and oxygen atoms in total. The number of cyclic esters (lactones) is 1. The molecule has 0 saturated carbocycles. The minimum absolute atomic E-state index is 0.0252. The predicted molar refractivity (Wildman–Crippen MR) is 139 cm³/mol. The molecule has 2 atom stereocenters. The lowest BCUT2D eigenvalue weighted by atomic mass is 9.83. The predicted octanol–water partition coefficient (Wildman–Crippen LogP) is 6.10. The Balaban J connectivity index is 1.76. The molecule has 1 N–H and O–H groups in total. The van der Waals surface area contributed by atoms with Crippen molar-refractivity contribution in [1.82, 2.24) is 0 Å². The second-order valence-electron chi connectivity index (χ2n) is 10.0. The number of carbonyl (C=O) groups excluding carboxylic acids is 3. The quantitative estimate of drug-likeness (QED) is 0.396. The number of hydrogen-bond donors (Lipinski definition) is 1. The fraction of sp³-hybridized carbons (Fsp3) is 0.433. The van der Waals surface area contributed by atoms with Gasteiger partial charge in [-0.3, -0.25) is 9.59 Å². The molecule has 0 saturated heterocycles. The number of rotatable bonds is 3. The van der Waals surface area contributed by atoms with Gasteiger partial charge in [0, 0.05) is 24.3 Å². The molecule has 4 rings (SSSR count). The monoisotopic (exact) mass is 506 g/mol. The van der Waals surface area contributed by atoms with E-state index in [1.165, 1.54) is 0 Å². The average molecular weight is 507 g/mol. The van der Waals surface area contributed by atoms with E-state index in [2.05, 4.69) is 0 Å². The van der Waals surface area contributed by atoms with Gasteiger partial charge < -0.3 is 19.3 Å². The van der Waals surface area contributed by atoms with E-state index < -0.39 is 24.0 Å². The molecule has 0 spiro atoms. The summed E-state index contributed by atoms with van der Waals surface area (Å²) in [5, 5.41) is 11.5. The van der Waals surface area contributed by atoms with E-state index in [4.69, 9.17) is 14.2 Å². The van der Waals surface area contributed by atoms with Crippen LogP contribution in [0.3, 0.4) is 0 Å². The maximum atomic E-state index is 13.3. The van der Waals surface area contributed by atoms with E-state index in [0.717, 1.165) is 5.56 Å². The molecule has 1 unspecified atom stereocenters. The Hall–Kier alpha value is -3.61. The second-order valence-corrected chi connectivity index (χ2v) is 10.0. The fourth-order valence-electron chi connectivity index (χ4n) is 4.85. The molecule has 37 heavy (non-hydrogen) atoms. The van der Waals surface area contributed by atoms with Crippen molar-refractivity contribution >= 4 is 23.8 Å². The van der Waals surface area contributed by atoms with Crippen LogP contribution in [0.5, 0.6) is 17.2 Å². The normalized spacial score (nSPS) is 20.9. The van der Waals surface area contributed by atoms with Gasteiger partial charge in [-0.25, -0.2) is 4.79 Å². The van der Waals surface area contributed by atoms with Crippen molar-refractivity contribution in [2.45, 2.75) is 83.8 Å². The molecular weight excluding hydrogens is 472 g/mol. The van der Waals surface area contributed by atoms with Crippen molar-refractivity contribution in [3.05, 3.63) is 58.7 Å². The Morgan fingerprint density at radius 3 is 2.51 bits per heavy atom. The van der Waals surface area contributed by atoms with Crippen LogP contribution in [0, 0.1) is 0 Å². The number of phenolic OH excluding ortho intramolecular Hbond substituents is 1. The van der Waals surface area contributed by atoms with E-state index in [9.17, 15) is 19.5 Å². The van der Waals surface area contributed by atoms with E-state index >= 15 is 0 Å². The highest BCUT2D eigenvalue weighted by molar-refractivity contribution is 5.98. The summed E-state index contributed by atoms with van der Waals surface area (Å²) in [6.07, 6.45) is 6.71.